The van der Waals surface area contributed by atoms with Gasteiger partial charge in [-0.3, -0.25) is 13.8 Å². The molecule has 3 atom stereocenters. The van der Waals surface area contributed by atoms with Crippen molar-refractivity contribution in [3.63, 3.8) is 0 Å². The number of nitrogens with two attached hydrogens (primary N) is 1. The van der Waals surface area contributed by atoms with Gasteiger partial charge in [0.2, 0.25) is 5.91 Å². The highest BCUT2D eigenvalue weighted by atomic mass is 31.2. The van der Waals surface area contributed by atoms with Crippen molar-refractivity contribution in [2.75, 3.05) is 19.8 Å². The Kier molecular flexibility index (Phi) is 32.6. The highest BCUT2D eigenvalue weighted by Crippen LogP contribution is 2.43. The van der Waals surface area contributed by atoms with Crippen molar-refractivity contribution < 1.29 is 28.4 Å². The van der Waals surface area contributed by atoms with E-state index in [0.29, 0.717) is 6.42 Å². The Bertz CT molecular complexity index is 724. The van der Waals surface area contributed by atoms with Gasteiger partial charge in [-0.05, 0) is 19.3 Å². The van der Waals surface area contributed by atoms with E-state index >= 15 is 0 Å². The number of carbonyl (C=O) groups excluding carboxylic acids is 1. The molecule has 0 saturated heterocycles. The zero-order valence-corrected chi connectivity index (χ0v) is 30.3. The van der Waals surface area contributed by atoms with Gasteiger partial charge in [-0.1, -0.05) is 167 Å². The lowest BCUT2D eigenvalue weighted by molar-refractivity contribution is -0.123. The Morgan fingerprint density at radius 2 is 1.13 bits per heavy atom. The van der Waals surface area contributed by atoms with Crippen LogP contribution >= 0.6 is 7.82 Å². The van der Waals surface area contributed by atoms with Crippen LogP contribution in [0.25, 0.3) is 0 Å². The van der Waals surface area contributed by atoms with Crippen LogP contribution < -0.4 is 11.1 Å². The minimum atomic E-state index is -4.32. The molecular weight excluding hydrogens is 587 g/mol. The van der Waals surface area contributed by atoms with Crippen LogP contribution in [0.15, 0.2) is 12.2 Å². The minimum Gasteiger partial charge on any atom is -0.387 e. The molecular formula is C36H73N2O6P. The number of hydrogen-bond acceptors (Lipinski definition) is 6. The van der Waals surface area contributed by atoms with Gasteiger partial charge < -0.3 is 21.1 Å². The maximum Gasteiger partial charge on any atom is 0.472 e. The van der Waals surface area contributed by atoms with E-state index in [2.05, 4.69) is 19.2 Å². The molecule has 0 rings (SSSR count). The summed E-state index contributed by atoms with van der Waals surface area (Å²) >= 11 is 0. The third-order valence-electron chi connectivity index (χ3n) is 8.36. The fraction of sp³-hybridized carbons (Fsp3) is 0.917. The molecule has 0 saturated carbocycles. The first kappa shape index (κ1) is 44.2. The minimum absolute atomic E-state index is 0.0808. The van der Waals surface area contributed by atoms with Crippen LogP contribution in [-0.4, -0.2) is 47.8 Å². The molecule has 0 aliphatic carbocycles. The number of amides is 1. The van der Waals surface area contributed by atoms with Crippen molar-refractivity contribution in [2.24, 2.45) is 5.73 Å². The normalized spacial score (nSPS) is 14.5. The van der Waals surface area contributed by atoms with Crippen LogP contribution in [0.4, 0.5) is 0 Å². The third kappa shape index (κ3) is 31.6. The molecule has 9 heteroatoms. The molecule has 1 amide bonds. The second-order valence-corrected chi connectivity index (χ2v) is 14.2. The lowest BCUT2D eigenvalue weighted by Gasteiger charge is -2.23. The SMILES string of the molecule is CCCCCCCCC/C=C/[C@@H](O)[C@H](COP(=O)(O)OCCN)NC(=O)CCCCCCCCCCCCCCCCCCC. The zero-order valence-electron chi connectivity index (χ0n) is 29.4. The van der Waals surface area contributed by atoms with E-state index in [0.717, 1.165) is 38.5 Å². The van der Waals surface area contributed by atoms with Crippen molar-refractivity contribution >= 4 is 13.7 Å². The van der Waals surface area contributed by atoms with Crippen molar-refractivity contribution in [2.45, 2.75) is 193 Å². The zero-order chi connectivity index (χ0) is 33.3. The second-order valence-electron chi connectivity index (χ2n) is 12.8. The summed E-state index contributed by atoms with van der Waals surface area (Å²) in [7, 11) is -4.32. The Balaban J connectivity index is 4.19. The Morgan fingerprint density at radius 3 is 1.58 bits per heavy atom. The Labute approximate surface area is 277 Å². The molecule has 0 heterocycles. The number of allylic oxidation sites excluding steroid dienone is 1. The summed E-state index contributed by atoms with van der Waals surface area (Å²) in [5.74, 6) is -0.195. The first-order valence-electron chi connectivity index (χ1n) is 18.8. The molecule has 0 aromatic carbocycles. The van der Waals surface area contributed by atoms with Gasteiger partial charge in [0.15, 0.2) is 0 Å². The van der Waals surface area contributed by atoms with Crippen LogP contribution in [-0.2, 0) is 18.4 Å². The maximum atomic E-state index is 12.7. The number of nitrogens with one attached hydrogen (secondary N) is 1. The molecule has 45 heavy (non-hydrogen) atoms. The summed E-state index contributed by atoms with van der Waals surface area (Å²) in [6.07, 6.45) is 34.0. The van der Waals surface area contributed by atoms with Crippen LogP contribution in [0.5, 0.6) is 0 Å². The number of rotatable bonds is 35. The fourth-order valence-corrected chi connectivity index (χ4v) is 6.24. The second kappa shape index (κ2) is 33.2. The van der Waals surface area contributed by atoms with Gasteiger partial charge in [-0.15, -0.1) is 0 Å². The molecule has 0 radical (unpaired) electrons. The third-order valence-corrected chi connectivity index (χ3v) is 9.35. The van der Waals surface area contributed by atoms with E-state index in [-0.39, 0.29) is 25.7 Å². The number of aliphatic hydroxyl groups excluding tert-OH is 1. The first-order valence-corrected chi connectivity index (χ1v) is 20.3. The van der Waals surface area contributed by atoms with Gasteiger partial charge in [-0.25, -0.2) is 4.57 Å². The summed E-state index contributed by atoms with van der Waals surface area (Å²) in [6.45, 7) is 4.10. The lowest BCUT2D eigenvalue weighted by Crippen LogP contribution is -2.45. The summed E-state index contributed by atoms with van der Waals surface area (Å²) < 4.78 is 22.0. The summed E-state index contributed by atoms with van der Waals surface area (Å²) in [5, 5.41) is 13.5. The molecule has 8 nitrogen and oxygen atoms in total. The van der Waals surface area contributed by atoms with Gasteiger partial charge in [-0.2, -0.15) is 0 Å². The molecule has 0 spiro atoms. The molecule has 0 bridgehead atoms. The molecule has 0 aliphatic rings. The van der Waals surface area contributed by atoms with E-state index in [9.17, 15) is 19.4 Å². The largest absolute Gasteiger partial charge is 0.472 e. The number of unbranched alkanes of at least 4 members (excludes halogenated alkanes) is 23. The molecule has 0 aliphatic heterocycles. The van der Waals surface area contributed by atoms with Gasteiger partial charge in [0.05, 0.1) is 25.4 Å². The van der Waals surface area contributed by atoms with Crippen LogP contribution in [0.2, 0.25) is 0 Å². The van der Waals surface area contributed by atoms with Crippen molar-refractivity contribution in [3.8, 4) is 0 Å². The smallest absolute Gasteiger partial charge is 0.387 e. The maximum absolute atomic E-state index is 12.7. The average Bonchev–Trinajstić information content (AvgIpc) is 3.02. The highest BCUT2D eigenvalue weighted by molar-refractivity contribution is 7.47. The van der Waals surface area contributed by atoms with Gasteiger partial charge in [0, 0.05) is 13.0 Å². The van der Waals surface area contributed by atoms with Crippen LogP contribution in [0, 0.1) is 0 Å². The number of carbonyl (C=O) groups is 1. The summed E-state index contributed by atoms with van der Waals surface area (Å²) in [4.78, 5) is 22.5. The van der Waals surface area contributed by atoms with E-state index in [1.165, 1.54) is 122 Å². The van der Waals surface area contributed by atoms with Crippen LogP contribution in [0.3, 0.4) is 0 Å². The standard InChI is InChI=1S/C36H73N2O6P/c1-3-5-7-9-11-13-14-15-16-17-18-19-20-22-24-26-28-30-36(40)38-34(33-44-45(41,42)43-32-31-37)35(39)29-27-25-23-21-12-10-8-6-4-2/h27,29,34-35,39H,3-26,28,30-33,37H2,1-2H3,(H,38,40)(H,41,42)/b29-27+/t34-,35+/m0/s1. The summed E-state index contributed by atoms with van der Waals surface area (Å²) in [5.41, 5.74) is 5.34. The molecule has 0 fully saturated rings. The predicted octanol–water partition coefficient (Wildman–Crippen LogP) is 9.66. The lowest BCUT2D eigenvalue weighted by atomic mass is 10.0. The number of phosphoric acid groups is 1. The van der Waals surface area contributed by atoms with Gasteiger partial charge in [0.1, 0.15) is 0 Å². The Hall–Kier alpha value is -0.760. The average molecular weight is 661 g/mol. The predicted molar refractivity (Wildman–Crippen MR) is 189 cm³/mol. The molecule has 268 valence electrons. The quantitative estimate of drug-likeness (QED) is 0.0302. The first-order chi connectivity index (χ1) is 21.9. The Morgan fingerprint density at radius 1 is 0.711 bits per heavy atom. The van der Waals surface area contributed by atoms with Crippen molar-refractivity contribution in [1.29, 1.82) is 0 Å². The van der Waals surface area contributed by atoms with E-state index in [1.54, 1.807) is 6.08 Å². The molecule has 5 N–H and O–H groups in total. The topological polar surface area (TPSA) is 131 Å². The number of aliphatic hydroxyl groups is 1. The highest BCUT2D eigenvalue weighted by Gasteiger charge is 2.26. The number of phosphoric ester groups is 1. The monoisotopic (exact) mass is 661 g/mol. The van der Waals surface area contributed by atoms with E-state index in [1.807, 2.05) is 6.08 Å². The van der Waals surface area contributed by atoms with Crippen molar-refractivity contribution in [1.82, 2.24) is 5.32 Å². The fourth-order valence-electron chi connectivity index (χ4n) is 5.48. The van der Waals surface area contributed by atoms with E-state index < -0.39 is 20.0 Å². The molecule has 0 aromatic rings. The van der Waals surface area contributed by atoms with Crippen molar-refractivity contribution in [3.05, 3.63) is 12.2 Å². The van der Waals surface area contributed by atoms with Gasteiger partial charge >= 0.3 is 7.82 Å². The number of hydrogen-bond donors (Lipinski definition) is 4. The molecule has 0 aromatic heterocycles. The van der Waals surface area contributed by atoms with E-state index in [4.69, 9.17) is 14.8 Å². The molecule has 1 unspecified atom stereocenters. The van der Waals surface area contributed by atoms with Gasteiger partial charge in [0.25, 0.3) is 0 Å². The summed E-state index contributed by atoms with van der Waals surface area (Å²) in [6, 6.07) is -0.851. The van der Waals surface area contributed by atoms with Crippen LogP contribution in [0.1, 0.15) is 181 Å².